The van der Waals surface area contributed by atoms with Crippen molar-refractivity contribution in [1.29, 1.82) is 0 Å². The molecule has 3 N–H and O–H groups in total. The molecule has 0 bridgehead atoms. The van der Waals surface area contributed by atoms with Gasteiger partial charge in [0.2, 0.25) is 0 Å². The maximum Gasteiger partial charge on any atom is 0.255 e. The standard InChI is InChI=1S/C10H12BrNO4/c1-15-8-3-6(4-13)2-7(11)10(8)16-5-9(12)14/h2-3,13H,4-5H2,1H3,(H2,12,14). The van der Waals surface area contributed by atoms with Gasteiger partial charge in [0.15, 0.2) is 18.1 Å². The third-order valence-corrected chi connectivity index (χ3v) is 2.42. The normalized spacial score (nSPS) is 9.94. The summed E-state index contributed by atoms with van der Waals surface area (Å²) in [6, 6.07) is 3.31. The molecule has 0 aliphatic carbocycles. The van der Waals surface area contributed by atoms with Gasteiger partial charge in [0, 0.05) is 0 Å². The average Bonchev–Trinajstić information content (AvgIpc) is 2.26. The fourth-order valence-electron chi connectivity index (χ4n) is 1.15. The maximum absolute atomic E-state index is 10.6. The molecule has 0 aliphatic heterocycles. The first-order valence-electron chi connectivity index (χ1n) is 4.46. The van der Waals surface area contributed by atoms with Crippen LogP contribution in [0.1, 0.15) is 5.56 Å². The van der Waals surface area contributed by atoms with Crippen molar-refractivity contribution in [2.75, 3.05) is 13.7 Å². The molecular formula is C10H12BrNO4. The van der Waals surface area contributed by atoms with Gasteiger partial charge in [-0.2, -0.15) is 0 Å². The number of ether oxygens (including phenoxy) is 2. The molecule has 5 nitrogen and oxygen atoms in total. The van der Waals surface area contributed by atoms with Gasteiger partial charge in [-0.1, -0.05) is 0 Å². The Labute approximate surface area is 101 Å². The van der Waals surface area contributed by atoms with Gasteiger partial charge in [-0.3, -0.25) is 4.79 Å². The van der Waals surface area contributed by atoms with Crippen LogP contribution >= 0.6 is 15.9 Å². The maximum atomic E-state index is 10.6. The second-order valence-electron chi connectivity index (χ2n) is 3.02. The highest BCUT2D eigenvalue weighted by molar-refractivity contribution is 9.10. The van der Waals surface area contributed by atoms with Gasteiger partial charge >= 0.3 is 0 Å². The Kier molecular flexibility index (Phi) is 4.57. The summed E-state index contributed by atoms with van der Waals surface area (Å²) in [6.07, 6.45) is 0. The van der Waals surface area contributed by atoms with Gasteiger partial charge in [0.1, 0.15) is 0 Å². The monoisotopic (exact) mass is 289 g/mol. The molecule has 0 spiro atoms. The number of rotatable bonds is 5. The molecule has 88 valence electrons. The van der Waals surface area contributed by atoms with Crippen LogP contribution in [-0.2, 0) is 11.4 Å². The van der Waals surface area contributed by atoms with Gasteiger partial charge in [-0.05, 0) is 33.6 Å². The van der Waals surface area contributed by atoms with E-state index in [-0.39, 0.29) is 13.2 Å². The van der Waals surface area contributed by atoms with Gasteiger partial charge in [-0.15, -0.1) is 0 Å². The number of carbonyl (C=O) groups excluding carboxylic acids is 1. The third-order valence-electron chi connectivity index (χ3n) is 1.83. The highest BCUT2D eigenvalue weighted by atomic mass is 79.9. The summed E-state index contributed by atoms with van der Waals surface area (Å²) in [4.78, 5) is 10.6. The highest BCUT2D eigenvalue weighted by Crippen LogP contribution is 2.36. The van der Waals surface area contributed by atoms with Crippen molar-refractivity contribution in [3.8, 4) is 11.5 Å². The number of methoxy groups -OCH3 is 1. The number of hydrogen-bond donors (Lipinski definition) is 2. The third kappa shape index (κ3) is 3.11. The van der Waals surface area contributed by atoms with Crippen LogP contribution < -0.4 is 15.2 Å². The van der Waals surface area contributed by atoms with E-state index in [4.69, 9.17) is 20.3 Å². The van der Waals surface area contributed by atoms with Crippen molar-refractivity contribution in [3.05, 3.63) is 22.2 Å². The second kappa shape index (κ2) is 5.72. The molecule has 0 aromatic heterocycles. The number of hydrogen-bond acceptors (Lipinski definition) is 4. The highest BCUT2D eigenvalue weighted by Gasteiger charge is 2.12. The first-order chi connectivity index (χ1) is 7.58. The summed E-state index contributed by atoms with van der Waals surface area (Å²) in [7, 11) is 1.47. The van der Waals surface area contributed by atoms with Crippen molar-refractivity contribution in [2.45, 2.75) is 6.61 Å². The molecule has 0 unspecified atom stereocenters. The van der Waals surface area contributed by atoms with Crippen molar-refractivity contribution >= 4 is 21.8 Å². The van der Waals surface area contributed by atoms with Gasteiger partial charge in [0.25, 0.3) is 5.91 Å². The Morgan fingerprint density at radius 2 is 2.25 bits per heavy atom. The second-order valence-corrected chi connectivity index (χ2v) is 3.88. The number of amides is 1. The van der Waals surface area contributed by atoms with Crippen molar-refractivity contribution in [2.24, 2.45) is 5.73 Å². The van der Waals surface area contributed by atoms with Crippen molar-refractivity contribution in [3.63, 3.8) is 0 Å². The molecule has 1 aromatic carbocycles. The molecule has 0 saturated carbocycles. The minimum atomic E-state index is -0.569. The lowest BCUT2D eigenvalue weighted by Crippen LogP contribution is -2.20. The van der Waals surface area contributed by atoms with Crippen LogP contribution in [0.15, 0.2) is 16.6 Å². The fraction of sp³-hybridized carbons (Fsp3) is 0.300. The number of primary amides is 1. The first kappa shape index (κ1) is 12.8. The van der Waals surface area contributed by atoms with E-state index in [1.807, 2.05) is 0 Å². The SMILES string of the molecule is COc1cc(CO)cc(Br)c1OCC(N)=O. The molecule has 6 heteroatoms. The van der Waals surface area contributed by atoms with E-state index in [1.54, 1.807) is 12.1 Å². The molecule has 1 rings (SSSR count). The number of aliphatic hydroxyl groups is 1. The summed E-state index contributed by atoms with van der Waals surface area (Å²) < 4.78 is 10.9. The van der Waals surface area contributed by atoms with E-state index in [9.17, 15) is 4.79 Å². The Morgan fingerprint density at radius 3 is 2.75 bits per heavy atom. The summed E-state index contributed by atoms with van der Waals surface area (Å²) in [6.45, 7) is -0.335. The Bertz CT molecular complexity index is 395. The number of benzene rings is 1. The van der Waals surface area contributed by atoms with E-state index in [0.29, 0.717) is 21.5 Å². The lowest BCUT2D eigenvalue weighted by atomic mass is 10.2. The molecule has 0 radical (unpaired) electrons. The van der Waals surface area contributed by atoms with Gasteiger partial charge < -0.3 is 20.3 Å². The summed E-state index contributed by atoms with van der Waals surface area (Å²) in [5, 5.41) is 9.00. The van der Waals surface area contributed by atoms with Crippen LogP contribution in [0.4, 0.5) is 0 Å². The number of aliphatic hydroxyl groups excluding tert-OH is 1. The lowest BCUT2D eigenvalue weighted by molar-refractivity contribution is -0.119. The average molecular weight is 290 g/mol. The summed E-state index contributed by atoms with van der Waals surface area (Å²) in [5.41, 5.74) is 5.65. The van der Waals surface area contributed by atoms with Crippen LogP contribution in [0, 0.1) is 0 Å². The molecule has 0 aliphatic rings. The summed E-state index contributed by atoms with van der Waals surface area (Å²) >= 11 is 3.26. The minimum absolute atomic E-state index is 0.106. The Balaban J connectivity index is 3.01. The smallest absolute Gasteiger partial charge is 0.255 e. The Hall–Kier alpha value is -1.27. The van der Waals surface area contributed by atoms with Crippen LogP contribution in [-0.4, -0.2) is 24.7 Å². The molecule has 0 atom stereocenters. The fourth-order valence-corrected chi connectivity index (χ4v) is 1.75. The Morgan fingerprint density at radius 1 is 1.56 bits per heavy atom. The zero-order chi connectivity index (χ0) is 12.1. The van der Waals surface area contributed by atoms with Crippen molar-refractivity contribution < 1.29 is 19.4 Å². The largest absolute Gasteiger partial charge is 0.493 e. The first-order valence-corrected chi connectivity index (χ1v) is 5.26. The molecule has 16 heavy (non-hydrogen) atoms. The molecular weight excluding hydrogens is 278 g/mol. The van der Waals surface area contributed by atoms with E-state index in [0.717, 1.165) is 0 Å². The van der Waals surface area contributed by atoms with E-state index >= 15 is 0 Å². The van der Waals surface area contributed by atoms with E-state index in [1.165, 1.54) is 7.11 Å². The van der Waals surface area contributed by atoms with Gasteiger partial charge in [-0.25, -0.2) is 0 Å². The molecule has 0 heterocycles. The minimum Gasteiger partial charge on any atom is -0.493 e. The van der Waals surface area contributed by atoms with Gasteiger partial charge in [0.05, 0.1) is 18.2 Å². The van der Waals surface area contributed by atoms with E-state index in [2.05, 4.69) is 15.9 Å². The molecule has 0 saturated heterocycles. The van der Waals surface area contributed by atoms with Crippen LogP contribution in [0.3, 0.4) is 0 Å². The predicted octanol–water partition coefficient (Wildman–Crippen LogP) is 0.814. The van der Waals surface area contributed by atoms with Crippen LogP contribution in [0.25, 0.3) is 0 Å². The van der Waals surface area contributed by atoms with Crippen molar-refractivity contribution in [1.82, 2.24) is 0 Å². The van der Waals surface area contributed by atoms with E-state index < -0.39 is 5.91 Å². The number of nitrogens with two attached hydrogens (primary N) is 1. The number of halogens is 1. The zero-order valence-electron chi connectivity index (χ0n) is 8.70. The van der Waals surface area contributed by atoms with Crippen LogP contribution in [0.5, 0.6) is 11.5 Å². The lowest BCUT2D eigenvalue weighted by Gasteiger charge is -2.12. The topological polar surface area (TPSA) is 81.8 Å². The number of carbonyl (C=O) groups is 1. The zero-order valence-corrected chi connectivity index (χ0v) is 10.3. The quantitative estimate of drug-likeness (QED) is 0.841. The van der Waals surface area contributed by atoms with Crippen LogP contribution in [0.2, 0.25) is 0 Å². The molecule has 1 amide bonds. The predicted molar refractivity (Wildman–Crippen MR) is 61.3 cm³/mol. The summed E-state index contributed by atoms with van der Waals surface area (Å²) in [5.74, 6) is 0.248. The molecule has 0 fully saturated rings. The molecule has 1 aromatic rings.